The third kappa shape index (κ3) is 2.40. The second-order valence-electron chi connectivity index (χ2n) is 4.45. The molecule has 2 rings (SSSR count). The lowest BCUT2D eigenvalue weighted by molar-refractivity contribution is 0.416. The molecule has 1 aromatic heterocycles. The van der Waals surface area contributed by atoms with E-state index in [1.807, 2.05) is 19.1 Å². The number of hydrogen-bond donors (Lipinski definition) is 1. The van der Waals surface area contributed by atoms with Crippen LogP contribution in [0.1, 0.15) is 28.4 Å². The minimum atomic E-state index is -0.0294. The van der Waals surface area contributed by atoms with E-state index in [0.717, 1.165) is 22.0 Å². The van der Waals surface area contributed by atoms with E-state index in [1.165, 1.54) is 10.4 Å². The van der Waals surface area contributed by atoms with Crippen molar-refractivity contribution in [3.8, 4) is 17.0 Å². The van der Waals surface area contributed by atoms with E-state index in [-0.39, 0.29) is 6.04 Å². The van der Waals surface area contributed by atoms with Crippen LogP contribution in [0.2, 0.25) is 0 Å². The number of nitrogens with two attached hydrogens (primary N) is 1. The van der Waals surface area contributed by atoms with Gasteiger partial charge >= 0.3 is 0 Å². The molecule has 0 saturated heterocycles. The molecule has 0 fully saturated rings. The van der Waals surface area contributed by atoms with Crippen molar-refractivity contribution in [2.24, 2.45) is 5.73 Å². The van der Waals surface area contributed by atoms with E-state index < -0.39 is 0 Å². The van der Waals surface area contributed by atoms with E-state index >= 15 is 0 Å². The summed E-state index contributed by atoms with van der Waals surface area (Å²) >= 11 is 1.65. The molecule has 1 heterocycles. The molecule has 4 heteroatoms. The molecule has 0 radical (unpaired) electrons. The number of nitrogens with zero attached hydrogens (tertiary/aromatic N) is 1. The number of benzene rings is 1. The Hall–Kier alpha value is -1.39. The van der Waals surface area contributed by atoms with Crippen molar-refractivity contribution < 1.29 is 4.74 Å². The Balaban J connectivity index is 2.57. The summed E-state index contributed by atoms with van der Waals surface area (Å²) in [5.41, 5.74) is 9.11. The second-order valence-corrected chi connectivity index (χ2v) is 5.68. The van der Waals surface area contributed by atoms with Crippen LogP contribution in [0.5, 0.6) is 5.75 Å². The average Bonchev–Trinajstić information content (AvgIpc) is 2.71. The van der Waals surface area contributed by atoms with Crippen LogP contribution in [0.15, 0.2) is 18.2 Å². The third-order valence-corrected chi connectivity index (χ3v) is 3.98. The van der Waals surface area contributed by atoms with Crippen molar-refractivity contribution in [1.29, 1.82) is 0 Å². The number of aryl methyl sites for hydroxylation is 2. The Bertz CT molecular complexity index is 561. The third-order valence-electron chi connectivity index (χ3n) is 2.81. The van der Waals surface area contributed by atoms with Crippen LogP contribution in [0, 0.1) is 13.8 Å². The first-order chi connectivity index (χ1) is 8.52. The van der Waals surface area contributed by atoms with Gasteiger partial charge in [-0.25, -0.2) is 4.98 Å². The largest absolute Gasteiger partial charge is 0.496 e. The fraction of sp³-hybridized carbons (Fsp3) is 0.357. The summed E-state index contributed by atoms with van der Waals surface area (Å²) in [4.78, 5) is 5.82. The van der Waals surface area contributed by atoms with Crippen LogP contribution in [0.25, 0.3) is 11.3 Å². The monoisotopic (exact) mass is 262 g/mol. The number of aromatic nitrogens is 1. The lowest BCUT2D eigenvalue weighted by Crippen LogP contribution is -2.03. The number of hydrogen-bond acceptors (Lipinski definition) is 4. The van der Waals surface area contributed by atoms with Gasteiger partial charge in [0.2, 0.25) is 0 Å². The Morgan fingerprint density at radius 2 is 2.06 bits per heavy atom. The van der Waals surface area contributed by atoms with Crippen molar-refractivity contribution in [2.45, 2.75) is 26.8 Å². The first kappa shape index (κ1) is 13.1. The molecule has 18 heavy (non-hydrogen) atoms. The first-order valence-corrected chi connectivity index (χ1v) is 6.72. The number of rotatable bonds is 3. The Morgan fingerprint density at radius 1 is 1.33 bits per heavy atom. The summed E-state index contributed by atoms with van der Waals surface area (Å²) in [6, 6.07) is 6.09. The van der Waals surface area contributed by atoms with Gasteiger partial charge in [-0.3, -0.25) is 0 Å². The zero-order chi connectivity index (χ0) is 13.3. The molecule has 96 valence electrons. The molecular weight excluding hydrogens is 244 g/mol. The molecule has 0 aliphatic carbocycles. The van der Waals surface area contributed by atoms with Gasteiger partial charge in [0.05, 0.1) is 18.8 Å². The minimum Gasteiger partial charge on any atom is -0.496 e. The smallest absolute Gasteiger partial charge is 0.128 e. The molecular formula is C14H18N2OS. The molecule has 0 amide bonds. The first-order valence-electron chi connectivity index (χ1n) is 5.91. The molecule has 1 unspecified atom stereocenters. The molecule has 0 saturated carbocycles. The summed E-state index contributed by atoms with van der Waals surface area (Å²) in [5, 5.41) is 0.964. The summed E-state index contributed by atoms with van der Waals surface area (Å²) < 4.78 is 5.41. The highest BCUT2D eigenvalue weighted by atomic mass is 32.1. The van der Waals surface area contributed by atoms with E-state index in [1.54, 1.807) is 18.4 Å². The molecule has 0 aliphatic heterocycles. The van der Waals surface area contributed by atoms with Crippen LogP contribution in [0.4, 0.5) is 0 Å². The molecule has 0 bridgehead atoms. The van der Waals surface area contributed by atoms with Gasteiger partial charge in [0.1, 0.15) is 10.8 Å². The van der Waals surface area contributed by atoms with Gasteiger partial charge in [-0.1, -0.05) is 11.6 Å². The van der Waals surface area contributed by atoms with Crippen molar-refractivity contribution in [3.05, 3.63) is 33.6 Å². The quantitative estimate of drug-likeness (QED) is 0.921. The maximum Gasteiger partial charge on any atom is 0.128 e. The number of ether oxygens (including phenoxy) is 1. The predicted molar refractivity (Wildman–Crippen MR) is 76.2 cm³/mol. The summed E-state index contributed by atoms with van der Waals surface area (Å²) in [7, 11) is 1.68. The molecule has 2 N–H and O–H groups in total. The highest BCUT2D eigenvalue weighted by Gasteiger charge is 2.15. The average molecular weight is 262 g/mol. The summed E-state index contributed by atoms with van der Waals surface area (Å²) in [5.74, 6) is 0.852. The van der Waals surface area contributed by atoms with E-state index in [4.69, 9.17) is 10.5 Å². The van der Waals surface area contributed by atoms with Gasteiger partial charge in [0.25, 0.3) is 0 Å². The number of thiazole rings is 1. The van der Waals surface area contributed by atoms with Crippen LogP contribution >= 0.6 is 11.3 Å². The van der Waals surface area contributed by atoms with Crippen LogP contribution in [-0.4, -0.2) is 12.1 Å². The van der Waals surface area contributed by atoms with Crippen molar-refractivity contribution >= 4 is 11.3 Å². The molecule has 0 spiro atoms. The molecule has 0 aliphatic rings. The minimum absolute atomic E-state index is 0.0294. The highest BCUT2D eigenvalue weighted by molar-refractivity contribution is 7.12. The van der Waals surface area contributed by atoms with E-state index in [2.05, 4.69) is 24.9 Å². The van der Waals surface area contributed by atoms with Gasteiger partial charge in [-0.05, 0) is 32.9 Å². The van der Waals surface area contributed by atoms with Crippen LogP contribution < -0.4 is 10.5 Å². The summed E-state index contributed by atoms with van der Waals surface area (Å²) in [6.07, 6.45) is 0. The zero-order valence-corrected chi connectivity index (χ0v) is 12.0. The molecule has 1 aromatic carbocycles. The van der Waals surface area contributed by atoms with E-state index in [9.17, 15) is 0 Å². The summed E-state index contributed by atoms with van der Waals surface area (Å²) in [6.45, 7) is 6.09. The SMILES string of the molecule is COc1ccc(C)cc1-c1nc(C(C)N)sc1C. The molecule has 3 nitrogen and oxygen atoms in total. The second kappa shape index (κ2) is 5.08. The van der Waals surface area contributed by atoms with Crippen molar-refractivity contribution in [3.63, 3.8) is 0 Å². The highest BCUT2D eigenvalue weighted by Crippen LogP contribution is 2.35. The topological polar surface area (TPSA) is 48.1 Å². The Kier molecular flexibility index (Phi) is 3.68. The van der Waals surface area contributed by atoms with Crippen LogP contribution in [-0.2, 0) is 0 Å². The Labute approximate surface area is 112 Å². The zero-order valence-electron chi connectivity index (χ0n) is 11.2. The normalized spacial score (nSPS) is 12.5. The van der Waals surface area contributed by atoms with Gasteiger partial charge in [0, 0.05) is 10.4 Å². The fourth-order valence-corrected chi connectivity index (χ4v) is 2.76. The predicted octanol–water partition coefficient (Wildman–Crippen LogP) is 3.46. The van der Waals surface area contributed by atoms with Gasteiger partial charge in [0.15, 0.2) is 0 Å². The molecule has 1 atom stereocenters. The van der Waals surface area contributed by atoms with Gasteiger partial charge in [-0.2, -0.15) is 0 Å². The van der Waals surface area contributed by atoms with Gasteiger partial charge in [-0.15, -0.1) is 11.3 Å². The maximum atomic E-state index is 5.89. The maximum absolute atomic E-state index is 5.89. The number of methoxy groups -OCH3 is 1. The van der Waals surface area contributed by atoms with Crippen molar-refractivity contribution in [1.82, 2.24) is 4.98 Å². The molecule has 2 aromatic rings. The fourth-order valence-electron chi connectivity index (χ4n) is 1.87. The van der Waals surface area contributed by atoms with Crippen LogP contribution in [0.3, 0.4) is 0 Å². The standard InChI is InChI=1S/C14H18N2OS/c1-8-5-6-12(17-4)11(7-8)13-10(3)18-14(16-13)9(2)15/h5-7,9H,15H2,1-4H3. The Morgan fingerprint density at radius 3 is 2.61 bits per heavy atom. The van der Waals surface area contributed by atoms with E-state index in [0.29, 0.717) is 0 Å². The lowest BCUT2D eigenvalue weighted by atomic mass is 10.1. The van der Waals surface area contributed by atoms with Gasteiger partial charge < -0.3 is 10.5 Å². The lowest BCUT2D eigenvalue weighted by Gasteiger charge is -2.08. The van der Waals surface area contributed by atoms with Crippen molar-refractivity contribution in [2.75, 3.05) is 7.11 Å².